The quantitative estimate of drug-likeness (QED) is 0.318. The number of hydrogen-bond donors (Lipinski definition) is 1. The highest BCUT2D eigenvalue weighted by Gasteiger charge is 2.52. The molecule has 0 saturated heterocycles. The van der Waals surface area contributed by atoms with E-state index in [2.05, 4.69) is 35.0 Å². The molecule has 1 aliphatic carbocycles. The van der Waals surface area contributed by atoms with Crippen molar-refractivity contribution in [3.8, 4) is 0 Å². The molecule has 0 spiro atoms. The van der Waals surface area contributed by atoms with Crippen molar-refractivity contribution in [3.63, 3.8) is 0 Å². The number of hydrogen-bond acceptors (Lipinski definition) is 2. The Hall–Kier alpha value is -3.86. The molecule has 2 amide bonds. The van der Waals surface area contributed by atoms with Gasteiger partial charge in [0.25, 0.3) is 11.8 Å². The molecule has 1 aliphatic heterocycles. The second-order valence-electron chi connectivity index (χ2n) is 11.3. The molecule has 4 aromatic rings. The summed E-state index contributed by atoms with van der Waals surface area (Å²) in [5.41, 5.74) is 3.43. The Morgan fingerprint density at radius 1 is 0.872 bits per heavy atom. The molecule has 1 saturated carbocycles. The molecule has 2 aliphatic rings. The lowest BCUT2D eigenvalue weighted by molar-refractivity contribution is -0.136. The van der Waals surface area contributed by atoms with Crippen LogP contribution in [0.4, 0.5) is 0 Å². The van der Waals surface area contributed by atoms with E-state index in [9.17, 15) is 9.59 Å². The van der Waals surface area contributed by atoms with Crippen molar-refractivity contribution in [1.29, 1.82) is 0 Å². The summed E-state index contributed by atoms with van der Waals surface area (Å²) in [5, 5.41) is 4.49. The van der Waals surface area contributed by atoms with Crippen LogP contribution in [-0.4, -0.2) is 27.3 Å². The summed E-state index contributed by atoms with van der Waals surface area (Å²) in [7, 11) is 0. The third-order valence-electron chi connectivity index (χ3n) is 8.62. The fourth-order valence-electron chi connectivity index (χ4n) is 6.50. The van der Waals surface area contributed by atoms with Gasteiger partial charge in [0.1, 0.15) is 5.69 Å². The maximum Gasteiger partial charge on any atom is 0.272 e. The van der Waals surface area contributed by atoms with Gasteiger partial charge < -0.3 is 14.8 Å². The number of nitrogens with one attached hydrogen (secondary N) is 1. The maximum atomic E-state index is 14.7. The number of aromatic nitrogens is 1. The molecule has 1 N–H and O–H groups in total. The smallest absolute Gasteiger partial charge is 0.272 e. The Labute approximate surface area is 230 Å². The zero-order chi connectivity index (χ0) is 26.8. The highest BCUT2D eigenvalue weighted by Crippen LogP contribution is 2.40. The van der Waals surface area contributed by atoms with Crippen LogP contribution in [0.5, 0.6) is 0 Å². The average molecular weight is 520 g/mol. The predicted molar refractivity (Wildman–Crippen MR) is 155 cm³/mol. The average Bonchev–Trinajstić information content (AvgIpc) is 3.30. The predicted octanol–water partition coefficient (Wildman–Crippen LogP) is 6.73. The van der Waals surface area contributed by atoms with Gasteiger partial charge in [-0.3, -0.25) is 9.59 Å². The number of carbonyl (C=O) groups is 2. The summed E-state index contributed by atoms with van der Waals surface area (Å²) in [6.07, 6.45) is 7.93. The van der Waals surface area contributed by atoms with Gasteiger partial charge in [-0.25, -0.2) is 0 Å². The summed E-state index contributed by atoms with van der Waals surface area (Å²) in [4.78, 5) is 31.1. The van der Waals surface area contributed by atoms with Crippen LogP contribution < -0.4 is 5.32 Å². The van der Waals surface area contributed by atoms with Crippen LogP contribution in [0.2, 0.25) is 0 Å². The van der Waals surface area contributed by atoms with Crippen molar-refractivity contribution in [2.45, 2.75) is 76.5 Å². The first kappa shape index (κ1) is 25.4. The van der Waals surface area contributed by atoms with E-state index in [4.69, 9.17) is 0 Å². The van der Waals surface area contributed by atoms with Gasteiger partial charge in [-0.1, -0.05) is 105 Å². The van der Waals surface area contributed by atoms with Crippen LogP contribution in [0, 0.1) is 6.92 Å². The van der Waals surface area contributed by atoms with Crippen LogP contribution in [-0.2, 0) is 23.4 Å². The van der Waals surface area contributed by atoms with E-state index in [1.54, 1.807) is 0 Å². The Morgan fingerprint density at radius 2 is 1.54 bits per heavy atom. The molecule has 3 aromatic carbocycles. The standard InChI is InChI=1S/C34H37N3O2/c1-25-19-20-27-22-31-32(38)37(23-26-13-7-5-8-14-26)34(24-36(31)30(27)21-25,28-15-9-6-10-16-28)33(39)35-29-17-11-3-2-4-12-18-29/h5-10,13-16,19-22,29H,2-4,11-12,17-18,23-24H2,1H3,(H,35,39)/t34-/m1/s1. The minimum atomic E-state index is -1.18. The first-order valence-corrected chi connectivity index (χ1v) is 14.4. The largest absolute Gasteiger partial charge is 0.351 e. The molecule has 200 valence electrons. The van der Waals surface area contributed by atoms with Crippen molar-refractivity contribution < 1.29 is 9.59 Å². The molecule has 5 heteroatoms. The van der Waals surface area contributed by atoms with Gasteiger partial charge in [0.05, 0.1) is 6.54 Å². The first-order valence-electron chi connectivity index (χ1n) is 14.4. The molecule has 39 heavy (non-hydrogen) atoms. The van der Waals surface area contributed by atoms with Gasteiger partial charge in [-0.05, 0) is 48.6 Å². The molecule has 0 bridgehead atoms. The molecule has 1 fully saturated rings. The number of benzene rings is 3. The van der Waals surface area contributed by atoms with Crippen molar-refractivity contribution in [3.05, 3.63) is 107 Å². The summed E-state index contributed by atoms with van der Waals surface area (Å²) in [5.74, 6) is -0.195. The Balaban J connectivity index is 1.52. The van der Waals surface area contributed by atoms with Crippen molar-refractivity contribution in [2.75, 3.05) is 0 Å². The van der Waals surface area contributed by atoms with E-state index in [0.29, 0.717) is 18.8 Å². The van der Waals surface area contributed by atoms with E-state index in [1.807, 2.05) is 71.6 Å². The molecule has 6 rings (SSSR count). The molecular formula is C34H37N3O2. The molecule has 0 unspecified atom stereocenters. The third kappa shape index (κ3) is 4.75. The van der Waals surface area contributed by atoms with E-state index in [0.717, 1.165) is 53.3 Å². The summed E-state index contributed by atoms with van der Waals surface area (Å²) in [6, 6.07) is 28.3. The minimum absolute atomic E-state index is 0.0799. The molecule has 5 nitrogen and oxygen atoms in total. The lowest BCUT2D eigenvalue weighted by Gasteiger charge is -2.47. The zero-order valence-corrected chi connectivity index (χ0v) is 22.7. The Morgan fingerprint density at radius 3 is 2.26 bits per heavy atom. The topological polar surface area (TPSA) is 54.3 Å². The molecule has 1 atom stereocenters. The van der Waals surface area contributed by atoms with Gasteiger partial charge in [0, 0.05) is 23.5 Å². The summed E-state index contributed by atoms with van der Waals surface area (Å²) >= 11 is 0. The minimum Gasteiger partial charge on any atom is -0.351 e. The lowest BCUT2D eigenvalue weighted by Crippen LogP contribution is -2.64. The zero-order valence-electron chi connectivity index (χ0n) is 22.7. The van der Waals surface area contributed by atoms with Gasteiger partial charge in [-0.2, -0.15) is 0 Å². The molecule has 0 radical (unpaired) electrons. The monoisotopic (exact) mass is 519 g/mol. The SMILES string of the molecule is Cc1ccc2cc3n(c2c1)C[C@](C(=O)NC1CCCCCCC1)(c1ccccc1)N(Cc1ccccc1)C3=O. The summed E-state index contributed by atoms with van der Waals surface area (Å²) in [6.45, 7) is 2.79. The Kier molecular flexibility index (Phi) is 6.99. The molecule has 2 heterocycles. The van der Waals surface area contributed by atoms with Gasteiger partial charge in [0.15, 0.2) is 5.54 Å². The second-order valence-corrected chi connectivity index (χ2v) is 11.3. The highest BCUT2D eigenvalue weighted by molar-refractivity contribution is 6.04. The fourth-order valence-corrected chi connectivity index (χ4v) is 6.50. The van der Waals surface area contributed by atoms with E-state index < -0.39 is 5.54 Å². The first-order chi connectivity index (χ1) is 19.1. The van der Waals surface area contributed by atoms with Gasteiger partial charge in [0.2, 0.25) is 0 Å². The summed E-state index contributed by atoms with van der Waals surface area (Å²) < 4.78 is 2.08. The van der Waals surface area contributed by atoms with Crippen LogP contribution in [0.15, 0.2) is 84.9 Å². The highest BCUT2D eigenvalue weighted by atomic mass is 16.2. The Bertz CT molecular complexity index is 1470. The van der Waals surface area contributed by atoms with Crippen molar-refractivity contribution in [1.82, 2.24) is 14.8 Å². The van der Waals surface area contributed by atoms with Crippen molar-refractivity contribution >= 4 is 22.7 Å². The van der Waals surface area contributed by atoms with Crippen LogP contribution in [0.3, 0.4) is 0 Å². The lowest BCUT2D eigenvalue weighted by atomic mass is 9.83. The number of carbonyl (C=O) groups excluding carboxylic acids is 2. The number of aryl methyl sites for hydroxylation is 1. The fraction of sp³-hybridized carbons (Fsp3) is 0.353. The van der Waals surface area contributed by atoms with E-state index >= 15 is 0 Å². The molecular weight excluding hydrogens is 482 g/mol. The number of amides is 2. The van der Waals surface area contributed by atoms with Crippen molar-refractivity contribution in [2.24, 2.45) is 0 Å². The normalized spacial score (nSPS) is 20.3. The second kappa shape index (κ2) is 10.7. The van der Waals surface area contributed by atoms with E-state index in [1.165, 1.54) is 19.3 Å². The van der Waals surface area contributed by atoms with E-state index in [-0.39, 0.29) is 17.9 Å². The molecule has 1 aromatic heterocycles. The van der Waals surface area contributed by atoms with Crippen LogP contribution in [0.1, 0.15) is 72.1 Å². The van der Waals surface area contributed by atoms with Crippen LogP contribution >= 0.6 is 0 Å². The number of rotatable bonds is 5. The van der Waals surface area contributed by atoms with Gasteiger partial charge in [-0.15, -0.1) is 0 Å². The number of fused-ring (bicyclic) bond motifs is 3. The van der Waals surface area contributed by atoms with Gasteiger partial charge >= 0.3 is 0 Å². The van der Waals surface area contributed by atoms with Crippen LogP contribution in [0.25, 0.3) is 10.9 Å². The third-order valence-corrected chi connectivity index (χ3v) is 8.62. The number of nitrogens with zero attached hydrogens (tertiary/aromatic N) is 2. The maximum absolute atomic E-state index is 14.7.